The van der Waals surface area contributed by atoms with Gasteiger partial charge in [0.05, 0.1) is 18.8 Å². The summed E-state index contributed by atoms with van der Waals surface area (Å²) in [5, 5.41) is 0. The predicted molar refractivity (Wildman–Crippen MR) is 56.1 cm³/mol. The SMILES string of the molecule is CC.CC(=O)N1CCOCC12CCC2. The van der Waals surface area contributed by atoms with Gasteiger partial charge in [0.1, 0.15) is 0 Å². The van der Waals surface area contributed by atoms with Crippen LogP contribution >= 0.6 is 0 Å². The van der Waals surface area contributed by atoms with Gasteiger partial charge in [-0.25, -0.2) is 0 Å². The van der Waals surface area contributed by atoms with Gasteiger partial charge < -0.3 is 9.64 Å². The van der Waals surface area contributed by atoms with E-state index in [2.05, 4.69) is 0 Å². The minimum absolute atomic E-state index is 0.101. The van der Waals surface area contributed by atoms with E-state index < -0.39 is 0 Å². The molecule has 82 valence electrons. The highest BCUT2D eigenvalue weighted by Gasteiger charge is 2.45. The number of hydrogen-bond donors (Lipinski definition) is 0. The number of nitrogens with zero attached hydrogens (tertiary/aromatic N) is 1. The van der Waals surface area contributed by atoms with E-state index >= 15 is 0 Å². The van der Waals surface area contributed by atoms with E-state index in [1.54, 1.807) is 6.92 Å². The van der Waals surface area contributed by atoms with Crippen molar-refractivity contribution < 1.29 is 9.53 Å². The minimum atomic E-state index is 0.101. The summed E-state index contributed by atoms with van der Waals surface area (Å²) in [4.78, 5) is 13.3. The van der Waals surface area contributed by atoms with Crippen LogP contribution < -0.4 is 0 Å². The number of amides is 1. The van der Waals surface area contributed by atoms with E-state index in [1.807, 2.05) is 18.7 Å². The lowest BCUT2D eigenvalue weighted by atomic mass is 9.75. The molecular weight excluding hydrogens is 178 g/mol. The quantitative estimate of drug-likeness (QED) is 0.595. The molecule has 0 atom stereocenters. The monoisotopic (exact) mass is 199 g/mol. The lowest BCUT2D eigenvalue weighted by Gasteiger charge is -2.52. The maximum Gasteiger partial charge on any atom is 0.220 e. The smallest absolute Gasteiger partial charge is 0.220 e. The number of carbonyl (C=O) groups is 1. The fourth-order valence-corrected chi connectivity index (χ4v) is 2.22. The third kappa shape index (κ3) is 1.92. The van der Waals surface area contributed by atoms with Crippen LogP contribution in [0.4, 0.5) is 0 Å². The van der Waals surface area contributed by atoms with Crippen LogP contribution in [0.25, 0.3) is 0 Å². The molecule has 3 heteroatoms. The number of carbonyl (C=O) groups excluding carboxylic acids is 1. The first-order valence-corrected chi connectivity index (χ1v) is 5.61. The zero-order chi connectivity index (χ0) is 10.6. The summed E-state index contributed by atoms with van der Waals surface area (Å²) in [7, 11) is 0. The van der Waals surface area contributed by atoms with E-state index in [0.29, 0.717) is 6.61 Å². The highest BCUT2D eigenvalue weighted by atomic mass is 16.5. The number of ether oxygens (including phenoxy) is 1. The fraction of sp³-hybridized carbons (Fsp3) is 0.909. The van der Waals surface area contributed by atoms with Gasteiger partial charge in [-0.2, -0.15) is 0 Å². The molecule has 0 unspecified atom stereocenters. The van der Waals surface area contributed by atoms with Gasteiger partial charge in [0.25, 0.3) is 0 Å². The van der Waals surface area contributed by atoms with E-state index in [-0.39, 0.29) is 11.4 Å². The molecule has 2 fully saturated rings. The van der Waals surface area contributed by atoms with Crippen LogP contribution in [0.1, 0.15) is 40.0 Å². The Morgan fingerprint density at radius 3 is 2.36 bits per heavy atom. The van der Waals surface area contributed by atoms with Crippen molar-refractivity contribution in [3.05, 3.63) is 0 Å². The second-order valence-corrected chi connectivity index (χ2v) is 3.80. The Bertz CT molecular complexity index is 199. The summed E-state index contributed by atoms with van der Waals surface area (Å²) in [6, 6.07) is 0. The molecule has 1 aliphatic carbocycles. The molecule has 1 heterocycles. The topological polar surface area (TPSA) is 29.5 Å². The van der Waals surface area contributed by atoms with Gasteiger partial charge in [0.15, 0.2) is 0 Å². The molecule has 14 heavy (non-hydrogen) atoms. The van der Waals surface area contributed by atoms with Gasteiger partial charge in [0, 0.05) is 13.5 Å². The third-order valence-electron chi connectivity index (χ3n) is 3.07. The van der Waals surface area contributed by atoms with Crippen molar-refractivity contribution in [2.24, 2.45) is 0 Å². The van der Waals surface area contributed by atoms with Gasteiger partial charge in [-0.3, -0.25) is 4.79 Å². The normalized spacial score (nSPS) is 23.5. The first-order valence-electron chi connectivity index (χ1n) is 5.61. The Labute approximate surface area is 86.4 Å². The van der Waals surface area contributed by atoms with Crippen molar-refractivity contribution in [1.29, 1.82) is 0 Å². The number of rotatable bonds is 0. The Hall–Kier alpha value is -0.570. The zero-order valence-corrected chi connectivity index (χ0v) is 9.51. The molecule has 2 aliphatic rings. The van der Waals surface area contributed by atoms with Gasteiger partial charge in [-0.1, -0.05) is 13.8 Å². The predicted octanol–water partition coefficient (Wildman–Crippen LogP) is 1.81. The minimum Gasteiger partial charge on any atom is -0.377 e. The molecular formula is C11H21NO2. The first-order chi connectivity index (χ1) is 6.75. The summed E-state index contributed by atoms with van der Waals surface area (Å²) < 4.78 is 5.41. The highest BCUT2D eigenvalue weighted by Crippen LogP contribution is 2.39. The lowest BCUT2D eigenvalue weighted by molar-refractivity contribution is -0.156. The summed E-state index contributed by atoms with van der Waals surface area (Å²) >= 11 is 0. The maximum atomic E-state index is 11.3. The zero-order valence-electron chi connectivity index (χ0n) is 9.51. The van der Waals surface area contributed by atoms with Crippen molar-refractivity contribution >= 4 is 5.91 Å². The molecule has 1 saturated carbocycles. The molecule has 1 amide bonds. The summed E-state index contributed by atoms with van der Waals surface area (Å²) in [5.41, 5.74) is 0.101. The van der Waals surface area contributed by atoms with Crippen molar-refractivity contribution in [1.82, 2.24) is 4.90 Å². The van der Waals surface area contributed by atoms with Crippen LogP contribution in [0.2, 0.25) is 0 Å². The third-order valence-corrected chi connectivity index (χ3v) is 3.07. The summed E-state index contributed by atoms with van der Waals surface area (Å²) in [6.07, 6.45) is 3.51. The summed E-state index contributed by atoms with van der Waals surface area (Å²) in [5.74, 6) is 0.206. The molecule has 0 aromatic heterocycles. The average Bonchev–Trinajstić information content (AvgIpc) is 2.18. The van der Waals surface area contributed by atoms with Crippen LogP contribution in [0.15, 0.2) is 0 Å². The van der Waals surface area contributed by atoms with Crippen LogP contribution in [0, 0.1) is 0 Å². The van der Waals surface area contributed by atoms with Crippen LogP contribution in [0.3, 0.4) is 0 Å². The largest absolute Gasteiger partial charge is 0.377 e. The molecule has 0 bridgehead atoms. The maximum absolute atomic E-state index is 11.3. The van der Waals surface area contributed by atoms with E-state index in [0.717, 1.165) is 26.0 Å². The second-order valence-electron chi connectivity index (χ2n) is 3.80. The Morgan fingerprint density at radius 1 is 1.36 bits per heavy atom. The van der Waals surface area contributed by atoms with E-state index in [9.17, 15) is 4.79 Å². The van der Waals surface area contributed by atoms with Crippen molar-refractivity contribution in [2.75, 3.05) is 19.8 Å². The molecule has 1 spiro atoms. The van der Waals surface area contributed by atoms with Crippen molar-refractivity contribution in [3.8, 4) is 0 Å². The molecule has 0 aromatic carbocycles. The Balaban J connectivity index is 0.000000461. The Kier molecular flexibility index (Phi) is 3.93. The first kappa shape index (κ1) is 11.5. The van der Waals surface area contributed by atoms with Crippen molar-refractivity contribution in [2.45, 2.75) is 45.6 Å². The molecule has 0 radical (unpaired) electrons. The van der Waals surface area contributed by atoms with Crippen LogP contribution in [-0.4, -0.2) is 36.1 Å². The molecule has 0 aromatic rings. The molecule has 3 nitrogen and oxygen atoms in total. The van der Waals surface area contributed by atoms with Gasteiger partial charge >= 0.3 is 0 Å². The van der Waals surface area contributed by atoms with Crippen LogP contribution in [-0.2, 0) is 9.53 Å². The van der Waals surface area contributed by atoms with Gasteiger partial charge in [-0.15, -0.1) is 0 Å². The molecule has 2 rings (SSSR count). The number of morpholine rings is 1. The second kappa shape index (κ2) is 4.78. The number of hydrogen-bond acceptors (Lipinski definition) is 2. The Morgan fingerprint density at radius 2 is 2.00 bits per heavy atom. The van der Waals surface area contributed by atoms with Gasteiger partial charge in [0.2, 0.25) is 5.91 Å². The van der Waals surface area contributed by atoms with Crippen LogP contribution in [0.5, 0.6) is 0 Å². The van der Waals surface area contributed by atoms with Gasteiger partial charge in [-0.05, 0) is 19.3 Å². The van der Waals surface area contributed by atoms with E-state index in [4.69, 9.17) is 4.74 Å². The van der Waals surface area contributed by atoms with E-state index in [1.165, 1.54) is 6.42 Å². The molecule has 1 aliphatic heterocycles. The highest BCUT2D eigenvalue weighted by molar-refractivity contribution is 5.74. The molecule has 0 N–H and O–H groups in total. The standard InChI is InChI=1S/C9H15NO2.C2H6/c1-8(11)10-5-6-12-7-9(10)3-2-4-9;1-2/h2-7H2,1H3;1-2H3. The lowest BCUT2D eigenvalue weighted by Crippen LogP contribution is -2.62. The molecule has 1 saturated heterocycles. The fourth-order valence-electron chi connectivity index (χ4n) is 2.22. The van der Waals surface area contributed by atoms with Crippen molar-refractivity contribution in [3.63, 3.8) is 0 Å². The average molecular weight is 199 g/mol. The summed E-state index contributed by atoms with van der Waals surface area (Å²) in [6.45, 7) is 7.91.